The van der Waals surface area contributed by atoms with E-state index >= 15 is 0 Å². The highest BCUT2D eigenvalue weighted by molar-refractivity contribution is 6.34. The maximum absolute atomic E-state index is 13.8. The number of anilines is 3. The van der Waals surface area contributed by atoms with E-state index in [1.807, 2.05) is 0 Å². The number of aromatic amines is 1. The summed E-state index contributed by atoms with van der Waals surface area (Å²) in [5, 5.41) is 8.76. The molecule has 1 aliphatic rings. The van der Waals surface area contributed by atoms with Crippen molar-refractivity contribution in [1.82, 2.24) is 15.2 Å². The molecule has 31 heavy (non-hydrogen) atoms. The number of halogens is 5. The number of aromatic nitrogens is 3. The van der Waals surface area contributed by atoms with Crippen molar-refractivity contribution in [2.45, 2.75) is 25.4 Å². The van der Waals surface area contributed by atoms with E-state index in [-0.39, 0.29) is 40.6 Å². The van der Waals surface area contributed by atoms with Gasteiger partial charge in [0.15, 0.2) is 0 Å². The first kappa shape index (κ1) is 23.0. The van der Waals surface area contributed by atoms with Crippen molar-refractivity contribution in [2.75, 3.05) is 17.7 Å². The largest absolute Gasteiger partial charge is 0.493 e. The van der Waals surface area contributed by atoms with Gasteiger partial charge in [0.1, 0.15) is 5.75 Å². The number of benzene rings is 2. The van der Waals surface area contributed by atoms with Crippen LogP contribution in [0.15, 0.2) is 36.4 Å². The van der Waals surface area contributed by atoms with Gasteiger partial charge in [-0.1, -0.05) is 30.2 Å². The van der Waals surface area contributed by atoms with Gasteiger partial charge in [-0.2, -0.15) is 18.2 Å². The summed E-state index contributed by atoms with van der Waals surface area (Å²) in [6, 6.07) is 8.83. The van der Waals surface area contributed by atoms with Gasteiger partial charge in [-0.25, -0.2) is 5.10 Å². The van der Waals surface area contributed by atoms with Crippen molar-refractivity contribution < 1.29 is 17.9 Å². The summed E-state index contributed by atoms with van der Waals surface area (Å²) < 4.78 is 47.1. The van der Waals surface area contributed by atoms with E-state index in [0.29, 0.717) is 23.8 Å². The van der Waals surface area contributed by atoms with E-state index in [9.17, 15) is 13.2 Å². The van der Waals surface area contributed by atoms with Gasteiger partial charge in [-0.3, -0.25) is 0 Å². The normalized spacial score (nSPS) is 13.9. The number of hydrogen-bond acceptors (Lipinski definition) is 5. The Balaban J connectivity index is 0.00000272. The highest BCUT2D eigenvalue weighted by Gasteiger charge is 2.35. The Hall–Kier alpha value is -2.65. The van der Waals surface area contributed by atoms with Crippen LogP contribution in [0.3, 0.4) is 0 Å². The lowest BCUT2D eigenvalue weighted by Gasteiger charge is -2.25. The molecule has 11 heteroatoms. The second-order valence-corrected chi connectivity index (χ2v) is 7.59. The van der Waals surface area contributed by atoms with Crippen LogP contribution in [-0.4, -0.2) is 21.8 Å². The third kappa shape index (κ3) is 5.34. The SMILES string of the molecule is Cl.Nc1nc(Nc2cc(Cl)c(-c3ccc(OCC4CCC4)cc3)c(C(F)(F)F)c2)n[nH]1. The molecule has 4 rings (SSSR count). The summed E-state index contributed by atoms with van der Waals surface area (Å²) >= 11 is 6.27. The number of nitrogens with two attached hydrogens (primary N) is 1. The molecule has 0 spiro atoms. The van der Waals surface area contributed by atoms with Crippen molar-refractivity contribution in [3.05, 3.63) is 47.0 Å². The van der Waals surface area contributed by atoms with Gasteiger partial charge in [0, 0.05) is 11.3 Å². The highest BCUT2D eigenvalue weighted by Crippen LogP contribution is 2.43. The molecule has 0 saturated heterocycles. The second kappa shape index (κ2) is 9.23. The fraction of sp³-hybridized carbons (Fsp3) is 0.300. The van der Waals surface area contributed by atoms with Crippen molar-refractivity contribution in [3.63, 3.8) is 0 Å². The number of rotatable bonds is 6. The topological polar surface area (TPSA) is 88.8 Å². The molecule has 0 amide bonds. The summed E-state index contributed by atoms with van der Waals surface area (Å²) in [5.74, 6) is 1.26. The van der Waals surface area contributed by atoms with Crippen molar-refractivity contribution in [1.29, 1.82) is 0 Å². The van der Waals surface area contributed by atoms with Gasteiger partial charge in [0.05, 0.1) is 17.2 Å². The smallest absolute Gasteiger partial charge is 0.417 e. The number of nitrogens with zero attached hydrogens (tertiary/aromatic N) is 2. The number of hydrogen-bond donors (Lipinski definition) is 3. The maximum atomic E-state index is 13.8. The summed E-state index contributed by atoms with van der Waals surface area (Å²) in [7, 11) is 0. The van der Waals surface area contributed by atoms with Crippen molar-refractivity contribution in [2.24, 2.45) is 5.92 Å². The van der Waals surface area contributed by atoms with Crippen LogP contribution in [0.1, 0.15) is 24.8 Å². The average Bonchev–Trinajstić information content (AvgIpc) is 3.05. The molecule has 0 atom stereocenters. The molecule has 1 aromatic heterocycles. The summed E-state index contributed by atoms with van der Waals surface area (Å²) in [4.78, 5) is 3.82. The van der Waals surface area contributed by atoms with Gasteiger partial charge in [-0.05, 0) is 48.6 Å². The van der Waals surface area contributed by atoms with Crippen LogP contribution in [-0.2, 0) is 6.18 Å². The number of nitrogens with one attached hydrogen (secondary N) is 2. The monoisotopic (exact) mass is 473 g/mol. The molecule has 0 bridgehead atoms. The van der Waals surface area contributed by atoms with Gasteiger partial charge in [0.25, 0.3) is 0 Å². The number of alkyl halides is 3. The zero-order chi connectivity index (χ0) is 21.3. The summed E-state index contributed by atoms with van der Waals surface area (Å²) in [5.41, 5.74) is 4.90. The Morgan fingerprint density at radius 3 is 2.45 bits per heavy atom. The van der Waals surface area contributed by atoms with E-state index in [1.54, 1.807) is 24.3 Å². The minimum absolute atomic E-state index is 0. The first-order valence-electron chi connectivity index (χ1n) is 9.38. The van der Waals surface area contributed by atoms with Gasteiger partial charge < -0.3 is 15.8 Å². The molecule has 0 radical (unpaired) electrons. The first-order valence-corrected chi connectivity index (χ1v) is 9.76. The maximum Gasteiger partial charge on any atom is 0.417 e. The van der Waals surface area contributed by atoms with Crippen molar-refractivity contribution >= 4 is 41.6 Å². The fourth-order valence-corrected chi connectivity index (χ4v) is 3.57. The quantitative estimate of drug-likeness (QED) is 0.404. The molecule has 6 nitrogen and oxygen atoms in total. The predicted molar refractivity (Wildman–Crippen MR) is 116 cm³/mol. The molecular weight excluding hydrogens is 454 g/mol. The van der Waals surface area contributed by atoms with Crippen LogP contribution >= 0.6 is 24.0 Å². The Morgan fingerprint density at radius 1 is 1.19 bits per heavy atom. The molecule has 1 aliphatic carbocycles. The van der Waals surface area contributed by atoms with Crippen LogP contribution < -0.4 is 15.8 Å². The third-order valence-electron chi connectivity index (χ3n) is 5.01. The predicted octanol–water partition coefficient (Wildman–Crippen LogP) is 6.07. The lowest BCUT2D eigenvalue weighted by atomic mass is 9.86. The molecule has 3 aromatic rings. The first-order chi connectivity index (χ1) is 14.3. The molecule has 4 N–H and O–H groups in total. The van der Waals surface area contributed by atoms with E-state index in [2.05, 4.69) is 20.5 Å². The standard InChI is InChI=1S/C20H19ClF3N5O.ClH/c21-16-9-13(26-19-27-18(25)28-29-19)8-15(20(22,23)24)17(16)12-4-6-14(7-5-12)30-10-11-2-1-3-11;/h4-9,11H,1-3,10H2,(H4,25,26,27,28,29);1H. The number of H-pyrrole nitrogens is 1. The van der Waals surface area contributed by atoms with Crippen LogP contribution in [0.2, 0.25) is 5.02 Å². The molecule has 0 unspecified atom stereocenters. The van der Waals surface area contributed by atoms with E-state index in [1.165, 1.54) is 12.5 Å². The van der Waals surface area contributed by atoms with Crippen LogP contribution in [0.4, 0.5) is 30.8 Å². The molecule has 1 fully saturated rings. The molecule has 1 saturated carbocycles. The molecule has 1 heterocycles. The highest BCUT2D eigenvalue weighted by atomic mass is 35.5. The van der Waals surface area contributed by atoms with Crippen molar-refractivity contribution in [3.8, 4) is 16.9 Å². The Kier molecular flexibility index (Phi) is 6.86. The number of ether oxygens (including phenoxy) is 1. The Bertz CT molecular complexity index is 1040. The molecule has 2 aromatic carbocycles. The second-order valence-electron chi connectivity index (χ2n) is 7.18. The summed E-state index contributed by atoms with van der Waals surface area (Å²) in [6.45, 7) is 0.625. The minimum Gasteiger partial charge on any atom is -0.493 e. The third-order valence-corrected chi connectivity index (χ3v) is 5.31. The minimum atomic E-state index is -4.62. The van der Waals surface area contributed by atoms with Gasteiger partial charge in [0.2, 0.25) is 11.9 Å². The summed E-state index contributed by atoms with van der Waals surface area (Å²) in [6.07, 6.45) is -1.08. The Labute approximate surface area is 187 Å². The average molecular weight is 474 g/mol. The van der Waals surface area contributed by atoms with E-state index in [0.717, 1.165) is 18.9 Å². The zero-order valence-corrected chi connectivity index (χ0v) is 17.7. The van der Waals surface area contributed by atoms with Gasteiger partial charge in [-0.15, -0.1) is 17.5 Å². The lowest BCUT2D eigenvalue weighted by Crippen LogP contribution is -2.19. The molecule has 166 valence electrons. The van der Waals surface area contributed by atoms with E-state index in [4.69, 9.17) is 22.1 Å². The molecular formula is C20H20Cl2F3N5O. The fourth-order valence-electron chi connectivity index (χ4n) is 3.25. The lowest BCUT2D eigenvalue weighted by molar-refractivity contribution is -0.137. The zero-order valence-electron chi connectivity index (χ0n) is 16.2. The van der Waals surface area contributed by atoms with Crippen LogP contribution in [0.25, 0.3) is 11.1 Å². The van der Waals surface area contributed by atoms with E-state index < -0.39 is 11.7 Å². The number of nitrogen functional groups attached to an aromatic ring is 1. The van der Waals surface area contributed by atoms with Crippen LogP contribution in [0.5, 0.6) is 5.75 Å². The van der Waals surface area contributed by atoms with Crippen LogP contribution in [0, 0.1) is 5.92 Å². The van der Waals surface area contributed by atoms with Gasteiger partial charge >= 0.3 is 6.18 Å². The Morgan fingerprint density at radius 2 is 1.90 bits per heavy atom. The molecule has 0 aliphatic heterocycles.